The minimum atomic E-state index is -0.558. The zero-order valence-corrected chi connectivity index (χ0v) is 12.1. The standard InChI is InChI=1S/C15H22N4O2/c16-14(20)12-5-9-18-13(10-12)15(21)19-6-1-2-11-3-7-17-8-4-11/h5,9-11,17H,1-4,6-8H2,(H2,16,20)(H,19,21). The number of amides is 2. The number of rotatable bonds is 6. The number of piperidine rings is 1. The Labute approximate surface area is 124 Å². The molecule has 2 amide bonds. The molecule has 0 aliphatic carbocycles. The zero-order chi connectivity index (χ0) is 15.1. The number of aromatic nitrogens is 1. The summed E-state index contributed by atoms with van der Waals surface area (Å²) in [4.78, 5) is 27.0. The number of pyridine rings is 1. The predicted molar refractivity (Wildman–Crippen MR) is 79.9 cm³/mol. The molecule has 1 aliphatic heterocycles. The van der Waals surface area contributed by atoms with Gasteiger partial charge in [-0.05, 0) is 56.8 Å². The highest BCUT2D eigenvalue weighted by molar-refractivity contribution is 5.97. The summed E-state index contributed by atoms with van der Waals surface area (Å²) in [5.74, 6) is -0.0553. The van der Waals surface area contributed by atoms with Crippen molar-refractivity contribution in [1.29, 1.82) is 0 Å². The molecule has 0 aromatic carbocycles. The van der Waals surface area contributed by atoms with Gasteiger partial charge < -0.3 is 16.4 Å². The maximum absolute atomic E-state index is 11.9. The maximum atomic E-state index is 11.9. The van der Waals surface area contributed by atoms with Gasteiger partial charge in [0.15, 0.2) is 0 Å². The molecule has 2 rings (SSSR count). The van der Waals surface area contributed by atoms with Gasteiger partial charge in [0, 0.05) is 18.3 Å². The summed E-state index contributed by atoms with van der Waals surface area (Å²) in [6.45, 7) is 2.83. The molecule has 1 aromatic heterocycles. The van der Waals surface area contributed by atoms with Crippen molar-refractivity contribution >= 4 is 11.8 Å². The SMILES string of the molecule is NC(=O)c1ccnc(C(=O)NCCCC2CCNCC2)c1. The van der Waals surface area contributed by atoms with Crippen LogP contribution in [-0.4, -0.2) is 36.4 Å². The molecule has 0 atom stereocenters. The largest absolute Gasteiger partial charge is 0.366 e. The molecule has 0 spiro atoms. The van der Waals surface area contributed by atoms with E-state index in [1.165, 1.54) is 31.2 Å². The molecule has 0 bridgehead atoms. The van der Waals surface area contributed by atoms with E-state index in [4.69, 9.17) is 5.73 Å². The average molecular weight is 290 g/mol. The smallest absolute Gasteiger partial charge is 0.269 e. The van der Waals surface area contributed by atoms with Crippen LogP contribution in [0.1, 0.15) is 46.5 Å². The third-order valence-corrected chi connectivity index (χ3v) is 3.81. The Morgan fingerprint density at radius 3 is 2.86 bits per heavy atom. The van der Waals surface area contributed by atoms with Crippen LogP contribution in [0.15, 0.2) is 18.3 Å². The van der Waals surface area contributed by atoms with Gasteiger partial charge in [-0.2, -0.15) is 0 Å². The van der Waals surface area contributed by atoms with Gasteiger partial charge in [0.25, 0.3) is 5.91 Å². The molecule has 1 aromatic rings. The van der Waals surface area contributed by atoms with Crippen LogP contribution < -0.4 is 16.4 Å². The van der Waals surface area contributed by atoms with E-state index in [1.807, 2.05) is 0 Å². The molecule has 6 heteroatoms. The fourth-order valence-electron chi connectivity index (χ4n) is 2.56. The summed E-state index contributed by atoms with van der Waals surface area (Å²) in [6, 6.07) is 2.92. The van der Waals surface area contributed by atoms with Gasteiger partial charge in [0.2, 0.25) is 5.91 Å². The number of nitrogens with one attached hydrogen (secondary N) is 2. The molecule has 4 N–H and O–H groups in total. The second-order valence-electron chi connectivity index (χ2n) is 5.39. The van der Waals surface area contributed by atoms with Crippen LogP contribution in [0.4, 0.5) is 0 Å². The first-order valence-electron chi connectivity index (χ1n) is 7.41. The lowest BCUT2D eigenvalue weighted by molar-refractivity contribution is 0.0947. The number of hydrogen-bond acceptors (Lipinski definition) is 4. The van der Waals surface area contributed by atoms with Crippen molar-refractivity contribution in [2.45, 2.75) is 25.7 Å². The number of nitrogens with two attached hydrogens (primary N) is 1. The molecule has 114 valence electrons. The number of carbonyl (C=O) groups is 2. The molecule has 6 nitrogen and oxygen atoms in total. The lowest BCUT2D eigenvalue weighted by atomic mass is 9.93. The first kappa shape index (κ1) is 15.4. The van der Waals surface area contributed by atoms with Crippen LogP contribution in [0, 0.1) is 5.92 Å². The molecule has 0 radical (unpaired) electrons. The lowest BCUT2D eigenvalue weighted by Gasteiger charge is -2.22. The van der Waals surface area contributed by atoms with Crippen LogP contribution in [0.3, 0.4) is 0 Å². The topological polar surface area (TPSA) is 97.1 Å². The molecular weight excluding hydrogens is 268 g/mol. The van der Waals surface area contributed by atoms with Gasteiger partial charge in [-0.15, -0.1) is 0 Å². The molecule has 0 unspecified atom stereocenters. The van der Waals surface area contributed by atoms with Crippen molar-refractivity contribution in [3.8, 4) is 0 Å². The molecule has 1 aliphatic rings. The number of carbonyl (C=O) groups excluding carboxylic acids is 2. The molecule has 1 saturated heterocycles. The first-order valence-corrected chi connectivity index (χ1v) is 7.41. The Morgan fingerprint density at radius 2 is 2.14 bits per heavy atom. The summed E-state index contributed by atoms with van der Waals surface area (Å²) in [7, 11) is 0. The maximum Gasteiger partial charge on any atom is 0.269 e. The monoisotopic (exact) mass is 290 g/mol. The van der Waals surface area contributed by atoms with E-state index in [9.17, 15) is 9.59 Å². The van der Waals surface area contributed by atoms with Crippen molar-refractivity contribution in [1.82, 2.24) is 15.6 Å². The fraction of sp³-hybridized carbons (Fsp3) is 0.533. The van der Waals surface area contributed by atoms with Crippen molar-refractivity contribution < 1.29 is 9.59 Å². The molecule has 21 heavy (non-hydrogen) atoms. The summed E-state index contributed by atoms with van der Waals surface area (Å²) >= 11 is 0. The summed E-state index contributed by atoms with van der Waals surface area (Å²) in [6.07, 6.45) is 5.96. The van der Waals surface area contributed by atoms with Crippen molar-refractivity contribution in [3.05, 3.63) is 29.6 Å². The van der Waals surface area contributed by atoms with E-state index < -0.39 is 5.91 Å². The normalized spacial score (nSPS) is 15.6. The van der Waals surface area contributed by atoms with E-state index in [0.717, 1.165) is 31.8 Å². The number of nitrogens with zero attached hydrogens (tertiary/aromatic N) is 1. The van der Waals surface area contributed by atoms with Crippen LogP contribution in [0.5, 0.6) is 0 Å². The van der Waals surface area contributed by atoms with Gasteiger partial charge in [-0.1, -0.05) is 0 Å². The van der Waals surface area contributed by atoms with Crippen molar-refractivity contribution in [2.24, 2.45) is 11.7 Å². The molecule has 2 heterocycles. The lowest BCUT2D eigenvalue weighted by Crippen LogP contribution is -2.29. The average Bonchev–Trinajstić information content (AvgIpc) is 2.52. The Kier molecular flexibility index (Phi) is 5.68. The highest BCUT2D eigenvalue weighted by Gasteiger charge is 2.13. The van der Waals surface area contributed by atoms with Gasteiger partial charge in [0.05, 0.1) is 0 Å². The summed E-state index contributed by atoms with van der Waals surface area (Å²) in [5, 5.41) is 6.18. The van der Waals surface area contributed by atoms with E-state index in [2.05, 4.69) is 15.6 Å². The van der Waals surface area contributed by atoms with E-state index >= 15 is 0 Å². The molecule has 1 fully saturated rings. The molecular formula is C15H22N4O2. The van der Waals surface area contributed by atoms with Crippen LogP contribution in [-0.2, 0) is 0 Å². The third-order valence-electron chi connectivity index (χ3n) is 3.81. The number of primary amides is 1. The van der Waals surface area contributed by atoms with E-state index in [1.54, 1.807) is 0 Å². The van der Waals surface area contributed by atoms with E-state index in [0.29, 0.717) is 12.1 Å². The Balaban J connectivity index is 1.74. The van der Waals surface area contributed by atoms with Crippen molar-refractivity contribution in [3.63, 3.8) is 0 Å². The van der Waals surface area contributed by atoms with Gasteiger partial charge in [-0.3, -0.25) is 14.6 Å². The highest BCUT2D eigenvalue weighted by Crippen LogP contribution is 2.17. The minimum absolute atomic E-state index is 0.230. The summed E-state index contributed by atoms with van der Waals surface area (Å²) < 4.78 is 0. The second-order valence-corrected chi connectivity index (χ2v) is 5.39. The molecule has 0 saturated carbocycles. The van der Waals surface area contributed by atoms with Crippen LogP contribution >= 0.6 is 0 Å². The van der Waals surface area contributed by atoms with Gasteiger partial charge in [-0.25, -0.2) is 0 Å². The van der Waals surface area contributed by atoms with Gasteiger partial charge >= 0.3 is 0 Å². The Bertz CT molecular complexity index is 498. The Morgan fingerprint density at radius 1 is 1.38 bits per heavy atom. The highest BCUT2D eigenvalue weighted by atomic mass is 16.2. The van der Waals surface area contributed by atoms with Gasteiger partial charge in [0.1, 0.15) is 5.69 Å². The van der Waals surface area contributed by atoms with Crippen LogP contribution in [0.25, 0.3) is 0 Å². The third kappa shape index (κ3) is 4.82. The first-order chi connectivity index (χ1) is 10.2. The predicted octanol–water partition coefficient (Wildman–Crippen LogP) is 0.690. The summed E-state index contributed by atoms with van der Waals surface area (Å²) in [5.41, 5.74) is 5.71. The number of hydrogen-bond donors (Lipinski definition) is 3. The quantitative estimate of drug-likeness (QED) is 0.671. The minimum Gasteiger partial charge on any atom is -0.366 e. The van der Waals surface area contributed by atoms with E-state index in [-0.39, 0.29) is 11.6 Å². The fourth-order valence-corrected chi connectivity index (χ4v) is 2.56. The zero-order valence-electron chi connectivity index (χ0n) is 12.1. The van der Waals surface area contributed by atoms with Crippen LogP contribution in [0.2, 0.25) is 0 Å². The van der Waals surface area contributed by atoms with Crippen molar-refractivity contribution in [2.75, 3.05) is 19.6 Å². The second kappa shape index (κ2) is 7.73. The Hall–Kier alpha value is -1.95.